The van der Waals surface area contributed by atoms with E-state index < -0.39 is 0 Å². The van der Waals surface area contributed by atoms with Crippen LogP contribution >= 0.6 is 23.1 Å². The SMILES string of the molecule is Cc1csc(NC(=O)CSc2nc(Nc3ccccc3)nc(N3CCOCC3)n2)n1. The molecule has 30 heavy (non-hydrogen) atoms. The van der Waals surface area contributed by atoms with Crippen molar-refractivity contribution in [2.24, 2.45) is 0 Å². The van der Waals surface area contributed by atoms with Gasteiger partial charge in [0.05, 0.1) is 24.7 Å². The van der Waals surface area contributed by atoms with Crippen LogP contribution in [0.4, 0.5) is 22.7 Å². The zero-order valence-corrected chi connectivity index (χ0v) is 18.0. The van der Waals surface area contributed by atoms with Gasteiger partial charge >= 0.3 is 0 Å². The highest BCUT2D eigenvalue weighted by molar-refractivity contribution is 7.99. The Kier molecular flexibility index (Phi) is 6.72. The number of morpholine rings is 1. The lowest BCUT2D eigenvalue weighted by molar-refractivity contribution is -0.113. The normalized spacial score (nSPS) is 13.8. The van der Waals surface area contributed by atoms with Crippen LogP contribution in [-0.4, -0.2) is 57.9 Å². The van der Waals surface area contributed by atoms with E-state index in [4.69, 9.17) is 4.74 Å². The first-order chi connectivity index (χ1) is 14.7. The number of hydrogen-bond donors (Lipinski definition) is 2. The summed E-state index contributed by atoms with van der Waals surface area (Å²) in [4.78, 5) is 32.2. The predicted molar refractivity (Wildman–Crippen MR) is 119 cm³/mol. The molecule has 0 atom stereocenters. The van der Waals surface area contributed by atoms with E-state index in [2.05, 4.69) is 35.5 Å². The number of amides is 1. The van der Waals surface area contributed by atoms with Gasteiger partial charge in [-0.15, -0.1) is 11.3 Å². The first-order valence-corrected chi connectivity index (χ1v) is 11.3. The molecule has 2 N–H and O–H groups in total. The summed E-state index contributed by atoms with van der Waals surface area (Å²) in [6.07, 6.45) is 0. The third kappa shape index (κ3) is 5.65. The number of aryl methyl sites for hydroxylation is 1. The van der Waals surface area contributed by atoms with Crippen molar-refractivity contribution in [2.75, 3.05) is 47.6 Å². The highest BCUT2D eigenvalue weighted by atomic mass is 32.2. The van der Waals surface area contributed by atoms with Crippen molar-refractivity contribution < 1.29 is 9.53 Å². The monoisotopic (exact) mass is 443 g/mol. The maximum Gasteiger partial charge on any atom is 0.236 e. The van der Waals surface area contributed by atoms with Gasteiger partial charge in [-0.05, 0) is 19.1 Å². The number of thioether (sulfide) groups is 1. The van der Waals surface area contributed by atoms with Gasteiger partial charge in [0.25, 0.3) is 0 Å². The third-order valence-electron chi connectivity index (χ3n) is 4.12. The summed E-state index contributed by atoms with van der Waals surface area (Å²) in [6.45, 7) is 4.57. The molecule has 1 saturated heterocycles. The summed E-state index contributed by atoms with van der Waals surface area (Å²) in [5, 5.41) is 8.98. The number of nitrogens with zero attached hydrogens (tertiary/aromatic N) is 5. The lowest BCUT2D eigenvalue weighted by Gasteiger charge is -2.27. The van der Waals surface area contributed by atoms with Crippen LogP contribution in [0.1, 0.15) is 5.69 Å². The van der Waals surface area contributed by atoms with E-state index in [1.807, 2.05) is 42.6 Å². The first kappa shape index (κ1) is 20.5. The van der Waals surface area contributed by atoms with Crippen LogP contribution in [0.3, 0.4) is 0 Å². The number of benzene rings is 1. The number of nitrogens with one attached hydrogen (secondary N) is 2. The summed E-state index contributed by atoms with van der Waals surface area (Å²) in [6, 6.07) is 9.70. The van der Waals surface area contributed by atoms with Crippen molar-refractivity contribution in [2.45, 2.75) is 12.1 Å². The van der Waals surface area contributed by atoms with Gasteiger partial charge in [-0.1, -0.05) is 30.0 Å². The minimum Gasteiger partial charge on any atom is -0.378 e. The molecule has 3 aromatic rings. The molecule has 1 aliphatic heterocycles. The van der Waals surface area contributed by atoms with E-state index in [0.29, 0.717) is 48.5 Å². The third-order valence-corrected chi connectivity index (χ3v) is 5.85. The highest BCUT2D eigenvalue weighted by Crippen LogP contribution is 2.22. The van der Waals surface area contributed by atoms with E-state index in [1.165, 1.54) is 23.1 Å². The average Bonchev–Trinajstić information content (AvgIpc) is 3.18. The van der Waals surface area contributed by atoms with Crippen LogP contribution in [0.25, 0.3) is 0 Å². The van der Waals surface area contributed by atoms with Gasteiger partial charge in [0.15, 0.2) is 10.3 Å². The molecular weight excluding hydrogens is 422 g/mol. The van der Waals surface area contributed by atoms with Gasteiger partial charge in [-0.3, -0.25) is 4.79 Å². The van der Waals surface area contributed by atoms with E-state index in [-0.39, 0.29) is 11.7 Å². The molecule has 0 spiro atoms. The van der Waals surface area contributed by atoms with Crippen LogP contribution < -0.4 is 15.5 Å². The van der Waals surface area contributed by atoms with Gasteiger partial charge in [0.1, 0.15) is 0 Å². The lowest BCUT2D eigenvalue weighted by atomic mass is 10.3. The van der Waals surface area contributed by atoms with Gasteiger partial charge in [-0.2, -0.15) is 15.0 Å². The van der Waals surface area contributed by atoms with Gasteiger partial charge in [-0.25, -0.2) is 4.98 Å². The summed E-state index contributed by atoms with van der Waals surface area (Å²) in [5.74, 6) is 1.04. The highest BCUT2D eigenvalue weighted by Gasteiger charge is 2.18. The summed E-state index contributed by atoms with van der Waals surface area (Å²) in [7, 11) is 0. The molecule has 1 aliphatic rings. The molecule has 0 aliphatic carbocycles. The fraction of sp³-hybridized carbons (Fsp3) is 0.316. The Bertz CT molecular complexity index is 994. The second-order valence-electron chi connectivity index (χ2n) is 6.46. The minimum absolute atomic E-state index is 0.153. The standard InChI is InChI=1S/C19H21N7O2S2/c1-13-11-29-18(20-13)22-15(27)12-30-19-24-16(21-14-5-3-2-4-6-14)23-17(25-19)26-7-9-28-10-8-26/h2-6,11H,7-10,12H2,1H3,(H,20,22,27)(H,21,23,24,25). The quantitative estimate of drug-likeness (QED) is 0.533. The molecule has 9 nitrogen and oxygen atoms in total. The molecule has 0 saturated carbocycles. The molecular formula is C19H21N7O2S2. The molecule has 11 heteroatoms. The minimum atomic E-state index is -0.153. The first-order valence-electron chi connectivity index (χ1n) is 9.41. The maximum absolute atomic E-state index is 12.3. The molecule has 2 aromatic heterocycles. The van der Waals surface area contributed by atoms with E-state index in [0.717, 1.165) is 11.4 Å². The fourth-order valence-electron chi connectivity index (χ4n) is 2.72. The Morgan fingerprint density at radius 2 is 1.97 bits per heavy atom. The molecule has 1 amide bonds. The van der Waals surface area contributed by atoms with Crippen LogP contribution in [-0.2, 0) is 9.53 Å². The Hall–Kier alpha value is -2.76. The topological polar surface area (TPSA) is 105 Å². The molecule has 156 valence electrons. The number of para-hydroxylation sites is 1. The maximum atomic E-state index is 12.3. The van der Waals surface area contributed by atoms with Crippen molar-refractivity contribution in [3.63, 3.8) is 0 Å². The number of hydrogen-bond acceptors (Lipinski definition) is 10. The molecule has 0 bridgehead atoms. The fourth-order valence-corrected chi connectivity index (χ4v) is 4.05. The van der Waals surface area contributed by atoms with Crippen molar-refractivity contribution in [1.82, 2.24) is 19.9 Å². The lowest BCUT2D eigenvalue weighted by Crippen LogP contribution is -2.37. The van der Waals surface area contributed by atoms with Crippen LogP contribution in [0, 0.1) is 6.92 Å². The van der Waals surface area contributed by atoms with Crippen LogP contribution in [0.5, 0.6) is 0 Å². The molecule has 4 rings (SSSR count). The number of rotatable bonds is 7. The van der Waals surface area contributed by atoms with E-state index >= 15 is 0 Å². The van der Waals surface area contributed by atoms with Crippen molar-refractivity contribution in [1.29, 1.82) is 0 Å². The summed E-state index contributed by atoms with van der Waals surface area (Å²) >= 11 is 2.66. The molecule has 0 unspecified atom stereocenters. The number of aromatic nitrogens is 4. The predicted octanol–water partition coefficient (Wildman–Crippen LogP) is 2.95. The van der Waals surface area contributed by atoms with Gasteiger partial charge in [0.2, 0.25) is 17.8 Å². The van der Waals surface area contributed by atoms with Gasteiger partial charge in [0, 0.05) is 24.2 Å². The Morgan fingerprint density at radius 3 is 2.70 bits per heavy atom. The van der Waals surface area contributed by atoms with Crippen molar-refractivity contribution in [3.8, 4) is 0 Å². The number of anilines is 4. The number of ether oxygens (including phenoxy) is 1. The van der Waals surface area contributed by atoms with E-state index in [9.17, 15) is 4.79 Å². The smallest absolute Gasteiger partial charge is 0.236 e. The number of carbonyl (C=O) groups excluding carboxylic acids is 1. The zero-order chi connectivity index (χ0) is 20.8. The second kappa shape index (κ2) is 9.83. The second-order valence-corrected chi connectivity index (χ2v) is 8.26. The Balaban J connectivity index is 1.48. The summed E-state index contributed by atoms with van der Waals surface area (Å²) < 4.78 is 5.42. The Morgan fingerprint density at radius 1 is 1.17 bits per heavy atom. The summed E-state index contributed by atoms with van der Waals surface area (Å²) in [5.41, 5.74) is 1.76. The molecule has 1 fully saturated rings. The molecule has 1 aromatic carbocycles. The number of thiazole rings is 1. The Labute approximate surface area is 182 Å². The average molecular weight is 444 g/mol. The van der Waals surface area contributed by atoms with Gasteiger partial charge < -0.3 is 20.3 Å². The number of carbonyl (C=O) groups is 1. The van der Waals surface area contributed by atoms with Crippen LogP contribution in [0.15, 0.2) is 40.9 Å². The van der Waals surface area contributed by atoms with Crippen molar-refractivity contribution >= 4 is 51.7 Å². The van der Waals surface area contributed by atoms with E-state index in [1.54, 1.807) is 0 Å². The molecule has 0 radical (unpaired) electrons. The largest absolute Gasteiger partial charge is 0.378 e. The van der Waals surface area contributed by atoms with Crippen LogP contribution in [0.2, 0.25) is 0 Å². The molecule has 3 heterocycles. The zero-order valence-electron chi connectivity index (χ0n) is 16.4. The van der Waals surface area contributed by atoms with Crippen molar-refractivity contribution in [3.05, 3.63) is 41.4 Å².